The van der Waals surface area contributed by atoms with Crippen LogP contribution in [0.5, 0.6) is 0 Å². The van der Waals surface area contributed by atoms with Gasteiger partial charge in [-0.2, -0.15) is 8.42 Å². The second-order valence-corrected chi connectivity index (χ2v) is 5.33. The maximum absolute atomic E-state index is 11.7. The fourth-order valence-electron chi connectivity index (χ4n) is 1.04. The van der Waals surface area contributed by atoms with E-state index in [1.165, 1.54) is 19.1 Å². The molecule has 0 aromatic heterocycles. The highest BCUT2D eigenvalue weighted by atomic mass is 32.2. The predicted octanol–water partition coefficient (Wildman–Crippen LogP) is 1.78. The number of esters is 1. The summed E-state index contributed by atoms with van der Waals surface area (Å²) < 4.78 is 32.4. The number of carbonyl (C=O) groups excluding carboxylic acids is 1. The van der Waals surface area contributed by atoms with Crippen LogP contribution in [-0.2, 0) is 23.8 Å². The van der Waals surface area contributed by atoms with Crippen LogP contribution < -0.4 is 0 Å². The van der Waals surface area contributed by atoms with E-state index >= 15 is 0 Å². The van der Waals surface area contributed by atoms with Crippen molar-refractivity contribution in [3.05, 3.63) is 42.0 Å². The second kappa shape index (κ2) is 5.79. The molecule has 6 heteroatoms. The van der Waals surface area contributed by atoms with Gasteiger partial charge >= 0.3 is 5.97 Å². The topological polar surface area (TPSA) is 69.7 Å². The zero-order valence-corrected chi connectivity index (χ0v) is 11.0. The van der Waals surface area contributed by atoms with Crippen LogP contribution in [0.4, 0.5) is 0 Å². The molecule has 0 saturated carbocycles. The summed E-state index contributed by atoms with van der Waals surface area (Å²) in [6.07, 6.45) is 0. The molecule has 0 bridgehead atoms. The minimum atomic E-state index is -3.91. The molecule has 1 rings (SSSR count). The zero-order chi connectivity index (χ0) is 13.8. The summed E-state index contributed by atoms with van der Waals surface area (Å²) in [4.78, 5) is 11.0. The summed E-state index contributed by atoms with van der Waals surface area (Å²) in [5.41, 5.74) is 1.11. The molecule has 0 saturated heterocycles. The van der Waals surface area contributed by atoms with Crippen molar-refractivity contribution in [2.24, 2.45) is 0 Å². The summed E-state index contributed by atoms with van der Waals surface area (Å²) in [6.45, 7) is 5.99. The lowest BCUT2D eigenvalue weighted by Crippen LogP contribution is -2.13. The fraction of sp³-hybridized carbons (Fsp3) is 0.250. The van der Waals surface area contributed by atoms with Crippen molar-refractivity contribution in [2.45, 2.75) is 18.7 Å². The molecule has 0 spiro atoms. The normalized spacial score (nSPS) is 11.0. The number of hydrogen-bond donors (Lipinski definition) is 0. The lowest BCUT2D eigenvalue weighted by atomic mass is 10.2. The molecule has 0 aliphatic carbocycles. The Balaban J connectivity index is 2.63. The monoisotopic (exact) mass is 270 g/mol. The highest BCUT2D eigenvalue weighted by Gasteiger charge is 2.15. The molecule has 0 N–H and O–H groups in total. The minimum absolute atomic E-state index is 0.0134. The second-order valence-electron chi connectivity index (χ2n) is 3.72. The number of aryl methyl sites for hydroxylation is 1. The fourth-order valence-corrected chi connectivity index (χ4v) is 1.82. The SMILES string of the molecule is C=C(C)C(=O)OCOS(=O)(=O)c1ccc(C)cc1. The number of benzene rings is 1. The number of ether oxygens (including phenoxy) is 1. The summed E-state index contributed by atoms with van der Waals surface area (Å²) in [5.74, 6) is -0.700. The Bertz CT molecular complexity index is 542. The van der Waals surface area contributed by atoms with Crippen LogP contribution in [0.2, 0.25) is 0 Å². The maximum atomic E-state index is 11.7. The Kier molecular flexibility index (Phi) is 4.63. The van der Waals surface area contributed by atoms with Gasteiger partial charge in [0.2, 0.25) is 6.79 Å². The summed E-state index contributed by atoms with van der Waals surface area (Å²) in [7, 11) is -3.91. The van der Waals surface area contributed by atoms with Gasteiger partial charge in [-0.05, 0) is 26.0 Å². The smallest absolute Gasteiger partial charge is 0.335 e. The molecule has 5 nitrogen and oxygen atoms in total. The van der Waals surface area contributed by atoms with Gasteiger partial charge in [0.25, 0.3) is 10.1 Å². The Morgan fingerprint density at radius 3 is 2.33 bits per heavy atom. The van der Waals surface area contributed by atoms with E-state index in [2.05, 4.69) is 15.5 Å². The molecule has 0 fully saturated rings. The lowest BCUT2D eigenvalue weighted by molar-refractivity contribution is -0.145. The van der Waals surface area contributed by atoms with Crippen LogP contribution in [0, 0.1) is 6.92 Å². The summed E-state index contributed by atoms with van der Waals surface area (Å²) in [5, 5.41) is 0. The van der Waals surface area contributed by atoms with Crippen molar-refractivity contribution in [2.75, 3.05) is 6.79 Å². The van der Waals surface area contributed by atoms with Gasteiger partial charge in [0.1, 0.15) is 0 Å². The highest BCUT2D eigenvalue weighted by molar-refractivity contribution is 7.86. The lowest BCUT2D eigenvalue weighted by Gasteiger charge is -2.06. The highest BCUT2D eigenvalue weighted by Crippen LogP contribution is 2.13. The van der Waals surface area contributed by atoms with Crippen LogP contribution >= 0.6 is 0 Å². The van der Waals surface area contributed by atoms with Gasteiger partial charge in [-0.25, -0.2) is 8.98 Å². The van der Waals surface area contributed by atoms with Gasteiger partial charge in [-0.1, -0.05) is 24.3 Å². The average Bonchev–Trinajstić information content (AvgIpc) is 2.29. The van der Waals surface area contributed by atoms with Gasteiger partial charge < -0.3 is 4.74 Å². The number of hydrogen-bond acceptors (Lipinski definition) is 5. The van der Waals surface area contributed by atoms with E-state index in [9.17, 15) is 13.2 Å². The van der Waals surface area contributed by atoms with Crippen LogP contribution in [-0.4, -0.2) is 21.2 Å². The van der Waals surface area contributed by atoms with Crippen molar-refractivity contribution in [1.29, 1.82) is 0 Å². The van der Waals surface area contributed by atoms with Crippen LogP contribution in [0.1, 0.15) is 12.5 Å². The number of carbonyl (C=O) groups is 1. The molecule has 0 heterocycles. The molecule has 98 valence electrons. The third-order valence-electron chi connectivity index (χ3n) is 2.05. The van der Waals surface area contributed by atoms with E-state index in [1.807, 2.05) is 6.92 Å². The van der Waals surface area contributed by atoms with Crippen molar-refractivity contribution >= 4 is 16.1 Å². The third kappa shape index (κ3) is 3.97. The zero-order valence-electron chi connectivity index (χ0n) is 10.2. The molecule has 0 atom stereocenters. The van der Waals surface area contributed by atoms with E-state index < -0.39 is 22.9 Å². The first-order valence-electron chi connectivity index (χ1n) is 5.11. The maximum Gasteiger partial charge on any atom is 0.335 e. The molecule has 18 heavy (non-hydrogen) atoms. The Hall–Kier alpha value is -1.66. The quantitative estimate of drug-likeness (QED) is 0.353. The van der Waals surface area contributed by atoms with E-state index in [-0.39, 0.29) is 10.5 Å². The van der Waals surface area contributed by atoms with Crippen LogP contribution in [0.15, 0.2) is 41.3 Å². The predicted molar refractivity (Wildman–Crippen MR) is 65.2 cm³/mol. The van der Waals surface area contributed by atoms with E-state index in [0.29, 0.717) is 0 Å². The standard InChI is InChI=1S/C12H14O5S/c1-9(2)12(13)16-8-17-18(14,15)11-6-4-10(3)5-7-11/h4-7H,1,8H2,2-3H3. The number of rotatable bonds is 5. The molecule has 0 unspecified atom stereocenters. The van der Waals surface area contributed by atoms with Crippen LogP contribution in [0.25, 0.3) is 0 Å². The average molecular weight is 270 g/mol. The van der Waals surface area contributed by atoms with Crippen molar-refractivity contribution < 1.29 is 22.1 Å². The molecule has 0 radical (unpaired) electrons. The van der Waals surface area contributed by atoms with Gasteiger partial charge in [0.15, 0.2) is 0 Å². The van der Waals surface area contributed by atoms with Crippen molar-refractivity contribution in [1.82, 2.24) is 0 Å². The van der Waals surface area contributed by atoms with E-state index in [1.54, 1.807) is 12.1 Å². The Labute approximate surface area is 106 Å². The first-order chi connectivity index (χ1) is 8.33. The van der Waals surface area contributed by atoms with Gasteiger partial charge in [-0.3, -0.25) is 0 Å². The first kappa shape index (κ1) is 14.4. The summed E-state index contributed by atoms with van der Waals surface area (Å²) >= 11 is 0. The first-order valence-corrected chi connectivity index (χ1v) is 6.52. The molecule has 0 aliphatic rings. The van der Waals surface area contributed by atoms with E-state index in [0.717, 1.165) is 5.56 Å². The molecular weight excluding hydrogens is 256 g/mol. The third-order valence-corrected chi connectivity index (χ3v) is 3.31. The van der Waals surface area contributed by atoms with Gasteiger partial charge in [0, 0.05) is 5.57 Å². The molecule has 0 aliphatic heterocycles. The van der Waals surface area contributed by atoms with Crippen LogP contribution in [0.3, 0.4) is 0 Å². The Morgan fingerprint density at radius 2 is 1.83 bits per heavy atom. The largest absolute Gasteiger partial charge is 0.434 e. The molecule has 1 aromatic rings. The van der Waals surface area contributed by atoms with Gasteiger partial charge in [-0.15, -0.1) is 0 Å². The summed E-state index contributed by atoms with van der Waals surface area (Å²) in [6, 6.07) is 6.14. The van der Waals surface area contributed by atoms with Gasteiger partial charge in [0.05, 0.1) is 4.90 Å². The van der Waals surface area contributed by atoms with Crippen molar-refractivity contribution in [3.63, 3.8) is 0 Å². The van der Waals surface area contributed by atoms with E-state index in [4.69, 9.17) is 0 Å². The molecule has 0 amide bonds. The molecule has 1 aromatic carbocycles. The molecular formula is C12H14O5S. The minimum Gasteiger partial charge on any atom is -0.434 e. The Morgan fingerprint density at radius 1 is 1.28 bits per heavy atom. The van der Waals surface area contributed by atoms with Crippen molar-refractivity contribution in [3.8, 4) is 0 Å².